The van der Waals surface area contributed by atoms with Crippen LogP contribution in [0.5, 0.6) is 0 Å². The van der Waals surface area contributed by atoms with Gasteiger partial charge >= 0.3 is 0 Å². The van der Waals surface area contributed by atoms with Crippen LogP contribution in [0.2, 0.25) is 0 Å². The molecule has 0 unspecified atom stereocenters. The molecule has 0 amide bonds. The quantitative estimate of drug-likeness (QED) is 0.818. The normalized spacial score (nSPS) is 26.0. The fraction of sp³-hybridized carbons (Fsp3) is 0.176. The number of hydrogen-bond donors (Lipinski definition) is 2. The smallest absolute Gasteiger partial charge is 0.194 e. The molecule has 4 rings (SSSR count). The predicted molar refractivity (Wildman–Crippen MR) is 99.8 cm³/mol. The second-order valence-corrected chi connectivity index (χ2v) is 6.62. The van der Waals surface area contributed by atoms with E-state index in [1.54, 1.807) is 0 Å². The van der Waals surface area contributed by atoms with Crippen LogP contribution in [-0.4, -0.2) is 21.4 Å². The van der Waals surface area contributed by atoms with Crippen molar-refractivity contribution in [1.82, 2.24) is 15.6 Å². The molecule has 4 nitrogen and oxygen atoms in total. The molecule has 0 saturated carbocycles. The third-order valence-electron chi connectivity index (χ3n) is 4.41. The molecule has 2 aliphatic heterocycles. The van der Waals surface area contributed by atoms with Crippen LogP contribution in [0.3, 0.4) is 0 Å². The maximum absolute atomic E-state index is 5.61. The van der Waals surface area contributed by atoms with Gasteiger partial charge in [-0.05, 0) is 49.1 Å². The van der Waals surface area contributed by atoms with Crippen molar-refractivity contribution < 1.29 is 0 Å². The highest BCUT2D eigenvalue weighted by Crippen LogP contribution is 2.37. The lowest BCUT2D eigenvalue weighted by Gasteiger charge is -2.30. The Morgan fingerprint density at radius 2 is 1.52 bits per heavy atom. The molecule has 6 heteroatoms. The lowest BCUT2D eigenvalue weighted by molar-refractivity contribution is 0.264. The number of thiocarbonyl (C=S) groups is 2. The average Bonchev–Trinajstić information content (AvgIpc) is 3.05. The molecule has 2 aliphatic rings. The summed E-state index contributed by atoms with van der Waals surface area (Å²) in [6.45, 7) is 2.14. The van der Waals surface area contributed by atoms with E-state index >= 15 is 0 Å². The number of anilines is 1. The van der Waals surface area contributed by atoms with Crippen LogP contribution in [-0.2, 0) is 5.54 Å². The van der Waals surface area contributed by atoms with E-state index in [-0.39, 0.29) is 11.7 Å². The largest absolute Gasteiger partial charge is 0.348 e. The van der Waals surface area contributed by atoms with E-state index in [2.05, 4.69) is 29.7 Å². The number of para-hydroxylation sites is 1. The molecule has 2 saturated heterocycles. The summed E-state index contributed by atoms with van der Waals surface area (Å²) < 4.78 is 0. The van der Waals surface area contributed by atoms with Crippen LogP contribution < -0.4 is 15.6 Å². The van der Waals surface area contributed by atoms with Gasteiger partial charge in [-0.2, -0.15) is 0 Å². The second-order valence-electron chi connectivity index (χ2n) is 5.84. The minimum Gasteiger partial charge on any atom is -0.348 e. The topological polar surface area (TPSA) is 30.5 Å². The summed E-state index contributed by atoms with van der Waals surface area (Å²) in [5.41, 5.74) is 1.81. The first-order valence-electron chi connectivity index (χ1n) is 7.44. The summed E-state index contributed by atoms with van der Waals surface area (Å²) in [5.74, 6) is 0. The van der Waals surface area contributed by atoms with Crippen LogP contribution in [0.4, 0.5) is 5.69 Å². The van der Waals surface area contributed by atoms with Gasteiger partial charge in [0.15, 0.2) is 16.4 Å². The van der Waals surface area contributed by atoms with Gasteiger partial charge in [0.05, 0.1) is 5.69 Å². The lowest BCUT2D eigenvalue weighted by atomic mass is 9.90. The monoisotopic (exact) mass is 340 g/mol. The van der Waals surface area contributed by atoms with Gasteiger partial charge < -0.3 is 10.6 Å². The van der Waals surface area contributed by atoms with Gasteiger partial charge in [0.1, 0.15) is 5.54 Å². The van der Waals surface area contributed by atoms with E-state index in [4.69, 9.17) is 24.4 Å². The van der Waals surface area contributed by atoms with Crippen molar-refractivity contribution in [3.8, 4) is 0 Å². The van der Waals surface area contributed by atoms with Crippen LogP contribution in [0, 0.1) is 0 Å². The van der Waals surface area contributed by atoms with E-state index in [1.807, 2.05) is 58.5 Å². The Morgan fingerprint density at radius 1 is 0.913 bits per heavy atom. The molecule has 0 bridgehead atoms. The minimum absolute atomic E-state index is 0.0647. The Bertz CT molecular complexity index is 765. The number of nitrogens with one attached hydrogen (secondary N) is 2. The molecule has 0 spiro atoms. The zero-order valence-electron chi connectivity index (χ0n) is 12.6. The Balaban J connectivity index is 1.77. The third-order valence-corrected chi connectivity index (χ3v) is 4.99. The summed E-state index contributed by atoms with van der Waals surface area (Å²) in [6.07, 6.45) is -0.0647. The summed E-state index contributed by atoms with van der Waals surface area (Å²) in [5, 5.41) is 12.2. The van der Waals surface area contributed by atoms with E-state index in [0.29, 0.717) is 10.2 Å². The molecular formula is C17H16N4S2. The summed E-state index contributed by atoms with van der Waals surface area (Å²) in [6, 6.07) is 20.3. The summed E-state index contributed by atoms with van der Waals surface area (Å²) >= 11 is 11.2. The van der Waals surface area contributed by atoms with E-state index in [0.717, 1.165) is 5.69 Å². The van der Waals surface area contributed by atoms with Crippen LogP contribution in [0.1, 0.15) is 12.5 Å². The minimum atomic E-state index is -0.355. The number of benzene rings is 2. The van der Waals surface area contributed by atoms with Crippen LogP contribution in [0.15, 0.2) is 60.7 Å². The number of hydrazine groups is 1. The first-order valence-corrected chi connectivity index (χ1v) is 8.25. The maximum atomic E-state index is 5.61. The standard InChI is InChI=1S/C17H16N4S2/c1-17(12-8-4-2-5-9-12)14-18-15(22)20(21(14)16(23)19-17)13-10-6-3-7-11-13/h2-11,14H,1H3,(H,18,22)(H,19,23)/t14-,17-/m1/s1. The van der Waals surface area contributed by atoms with Gasteiger partial charge in [0.25, 0.3) is 0 Å². The Kier molecular flexibility index (Phi) is 3.25. The van der Waals surface area contributed by atoms with Crippen molar-refractivity contribution in [3.63, 3.8) is 0 Å². The Morgan fingerprint density at radius 3 is 2.17 bits per heavy atom. The molecule has 2 aromatic rings. The molecule has 2 atom stereocenters. The molecule has 23 heavy (non-hydrogen) atoms. The maximum Gasteiger partial charge on any atom is 0.194 e. The van der Waals surface area contributed by atoms with Gasteiger partial charge in [0.2, 0.25) is 0 Å². The molecule has 2 fully saturated rings. The summed E-state index contributed by atoms with van der Waals surface area (Å²) in [4.78, 5) is 0. The first kappa shape index (κ1) is 14.4. The zero-order valence-corrected chi connectivity index (χ0v) is 14.2. The van der Waals surface area contributed by atoms with Crippen molar-refractivity contribution in [2.24, 2.45) is 0 Å². The number of hydrogen-bond acceptors (Lipinski definition) is 2. The van der Waals surface area contributed by atoms with Crippen molar-refractivity contribution in [3.05, 3.63) is 66.2 Å². The van der Waals surface area contributed by atoms with Gasteiger partial charge in [-0.25, -0.2) is 10.0 Å². The van der Waals surface area contributed by atoms with Gasteiger partial charge in [-0.1, -0.05) is 48.5 Å². The first-order chi connectivity index (χ1) is 11.1. The fourth-order valence-corrected chi connectivity index (χ4v) is 3.93. The molecule has 2 aromatic carbocycles. The van der Waals surface area contributed by atoms with Crippen LogP contribution in [0.25, 0.3) is 0 Å². The Labute approximate surface area is 146 Å². The van der Waals surface area contributed by atoms with Gasteiger partial charge in [-0.3, -0.25) is 0 Å². The Hall–Kier alpha value is -2.18. The van der Waals surface area contributed by atoms with Gasteiger partial charge in [0, 0.05) is 0 Å². The van der Waals surface area contributed by atoms with E-state index in [9.17, 15) is 0 Å². The van der Waals surface area contributed by atoms with E-state index in [1.165, 1.54) is 5.56 Å². The number of fused-ring (bicyclic) bond motifs is 1. The molecule has 0 aromatic heterocycles. The molecule has 0 aliphatic carbocycles. The van der Waals surface area contributed by atoms with E-state index < -0.39 is 0 Å². The molecular weight excluding hydrogens is 324 g/mol. The lowest BCUT2D eigenvalue weighted by Crippen LogP contribution is -2.49. The molecule has 116 valence electrons. The molecule has 0 radical (unpaired) electrons. The van der Waals surface area contributed by atoms with Crippen molar-refractivity contribution in [1.29, 1.82) is 0 Å². The SMILES string of the molecule is C[C@]1(c2ccccc2)NC(=S)N2[C@H]1NC(=S)N2c1ccccc1. The average molecular weight is 340 g/mol. The van der Waals surface area contributed by atoms with Crippen molar-refractivity contribution in [2.45, 2.75) is 18.6 Å². The highest BCUT2D eigenvalue weighted by molar-refractivity contribution is 7.81. The van der Waals surface area contributed by atoms with Crippen molar-refractivity contribution >= 4 is 40.3 Å². The number of nitrogens with zero attached hydrogens (tertiary/aromatic N) is 2. The number of rotatable bonds is 2. The van der Waals surface area contributed by atoms with Gasteiger partial charge in [-0.15, -0.1) is 0 Å². The third kappa shape index (κ3) is 2.09. The highest BCUT2D eigenvalue weighted by Gasteiger charge is 2.54. The molecule has 2 N–H and O–H groups in total. The van der Waals surface area contributed by atoms with Crippen LogP contribution >= 0.6 is 24.4 Å². The molecule has 2 heterocycles. The highest BCUT2D eigenvalue weighted by atomic mass is 32.1. The zero-order chi connectivity index (χ0) is 16.0. The van der Waals surface area contributed by atoms with Crippen molar-refractivity contribution in [2.75, 3.05) is 5.01 Å². The fourth-order valence-electron chi connectivity index (χ4n) is 3.22. The summed E-state index contributed by atoms with van der Waals surface area (Å²) in [7, 11) is 0. The second kappa shape index (κ2) is 5.18. The predicted octanol–water partition coefficient (Wildman–Crippen LogP) is 2.73.